The normalized spacial score (nSPS) is 36.5. The number of hydrogen-bond donors (Lipinski definition) is 1. The number of rotatable bonds is 3. The van der Waals surface area contributed by atoms with E-state index in [1.54, 1.807) is 0 Å². The minimum atomic E-state index is -3.72. The lowest BCUT2D eigenvalue weighted by Crippen LogP contribution is -2.61. The van der Waals surface area contributed by atoms with Crippen molar-refractivity contribution in [2.24, 2.45) is 11.8 Å². The smallest absolute Gasteiger partial charge is 0.324 e. The molecule has 0 spiro atoms. The Hall–Kier alpha value is -0.660. The van der Waals surface area contributed by atoms with Crippen molar-refractivity contribution in [1.82, 2.24) is 8.61 Å². The molecule has 3 atom stereocenters. The molecule has 7 heteroatoms. The molecule has 0 aromatic carbocycles. The van der Waals surface area contributed by atoms with E-state index < -0.39 is 21.7 Å². The maximum atomic E-state index is 12.9. The molecule has 0 radical (unpaired) electrons. The van der Waals surface area contributed by atoms with E-state index in [-0.39, 0.29) is 0 Å². The molecule has 0 aliphatic carbocycles. The van der Waals surface area contributed by atoms with Gasteiger partial charge in [0.2, 0.25) is 0 Å². The Morgan fingerprint density at radius 1 is 1.19 bits per heavy atom. The van der Waals surface area contributed by atoms with Crippen LogP contribution in [0.5, 0.6) is 0 Å². The van der Waals surface area contributed by atoms with E-state index in [0.717, 1.165) is 19.3 Å². The van der Waals surface area contributed by atoms with Gasteiger partial charge >= 0.3 is 5.97 Å². The number of carboxylic acid groups (broad SMARTS) is 1. The molecule has 6 nitrogen and oxygen atoms in total. The SMILES string of the molecule is CC1CC(C)CN(S(=O)(=O)N2CCCCC2(C)C(=O)O)C1. The fraction of sp³-hybridized carbons (Fsp3) is 0.929. The largest absolute Gasteiger partial charge is 0.480 e. The third kappa shape index (κ3) is 3.10. The van der Waals surface area contributed by atoms with Crippen LogP contribution in [0.2, 0.25) is 0 Å². The Morgan fingerprint density at radius 3 is 2.29 bits per heavy atom. The highest BCUT2D eigenvalue weighted by Crippen LogP contribution is 2.34. The van der Waals surface area contributed by atoms with Gasteiger partial charge in [-0.25, -0.2) is 0 Å². The lowest BCUT2D eigenvalue weighted by molar-refractivity contribution is -0.149. The predicted molar refractivity (Wildman–Crippen MR) is 80.0 cm³/mol. The Bertz CT molecular complexity index is 497. The summed E-state index contributed by atoms with van der Waals surface area (Å²) in [6.45, 7) is 6.89. The van der Waals surface area contributed by atoms with Crippen molar-refractivity contribution in [1.29, 1.82) is 0 Å². The third-order valence-corrected chi connectivity index (χ3v) is 6.82. The summed E-state index contributed by atoms with van der Waals surface area (Å²) < 4.78 is 28.6. The monoisotopic (exact) mass is 318 g/mol. The van der Waals surface area contributed by atoms with Crippen molar-refractivity contribution in [3.63, 3.8) is 0 Å². The summed E-state index contributed by atoms with van der Waals surface area (Å²) in [4.78, 5) is 11.6. The van der Waals surface area contributed by atoms with Gasteiger partial charge in [-0.3, -0.25) is 4.79 Å². The third-order valence-electron chi connectivity index (χ3n) is 4.73. The van der Waals surface area contributed by atoms with Gasteiger partial charge in [0.05, 0.1) is 0 Å². The Labute approximate surface area is 127 Å². The number of aliphatic carboxylic acids is 1. The summed E-state index contributed by atoms with van der Waals surface area (Å²) in [5.41, 5.74) is -1.32. The maximum Gasteiger partial charge on any atom is 0.324 e. The van der Waals surface area contributed by atoms with E-state index >= 15 is 0 Å². The summed E-state index contributed by atoms with van der Waals surface area (Å²) in [6, 6.07) is 0. The van der Waals surface area contributed by atoms with Crippen molar-refractivity contribution in [2.75, 3.05) is 19.6 Å². The first-order valence-electron chi connectivity index (χ1n) is 7.69. The molecule has 0 saturated carbocycles. The molecule has 1 N–H and O–H groups in total. The summed E-state index contributed by atoms with van der Waals surface area (Å²) in [6.07, 6.45) is 2.87. The van der Waals surface area contributed by atoms with Crippen LogP contribution in [0.4, 0.5) is 0 Å². The second kappa shape index (κ2) is 5.85. The average molecular weight is 318 g/mol. The lowest BCUT2D eigenvalue weighted by atomic mass is 9.91. The van der Waals surface area contributed by atoms with Crippen LogP contribution in [-0.4, -0.2) is 53.3 Å². The van der Waals surface area contributed by atoms with Gasteiger partial charge in [0.25, 0.3) is 10.2 Å². The Balaban J connectivity index is 2.30. The summed E-state index contributed by atoms with van der Waals surface area (Å²) in [5.74, 6) is -0.433. The fourth-order valence-electron chi connectivity index (χ4n) is 3.61. The molecule has 0 aromatic heterocycles. The van der Waals surface area contributed by atoms with Crippen LogP contribution in [-0.2, 0) is 15.0 Å². The zero-order valence-corrected chi connectivity index (χ0v) is 13.9. The molecule has 21 heavy (non-hydrogen) atoms. The van der Waals surface area contributed by atoms with Crippen molar-refractivity contribution < 1.29 is 18.3 Å². The number of carbonyl (C=O) groups is 1. The number of piperidine rings is 2. The van der Waals surface area contributed by atoms with E-state index in [2.05, 4.69) is 0 Å². The van der Waals surface area contributed by atoms with Gasteiger partial charge < -0.3 is 5.11 Å². The number of nitrogens with zero attached hydrogens (tertiary/aromatic N) is 2. The summed E-state index contributed by atoms with van der Waals surface area (Å²) in [7, 11) is -3.72. The standard InChI is InChI=1S/C14H26N2O4S/c1-11-8-12(2)10-15(9-11)21(19,20)16-7-5-4-6-14(16,3)13(17)18/h11-12H,4-10H2,1-3H3,(H,17,18). The van der Waals surface area contributed by atoms with Crippen LogP contribution in [0.1, 0.15) is 46.5 Å². The lowest BCUT2D eigenvalue weighted by Gasteiger charge is -2.44. The Kier molecular flexibility index (Phi) is 4.66. The minimum Gasteiger partial charge on any atom is -0.480 e. The van der Waals surface area contributed by atoms with Crippen molar-refractivity contribution in [3.05, 3.63) is 0 Å². The first-order valence-corrected chi connectivity index (χ1v) is 9.09. The molecule has 2 aliphatic rings. The van der Waals surface area contributed by atoms with Gasteiger partial charge in [-0.1, -0.05) is 13.8 Å². The van der Waals surface area contributed by atoms with Crippen LogP contribution >= 0.6 is 0 Å². The number of carboxylic acids is 1. The molecular weight excluding hydrogens is 292 g/mol. The highest BCUT2D eigenvalue weighted by molar-refractivity contribution is 7.86. The molecule has 0 bridgehead atoms. The van der Waals surface area contributed by atoms with Gasteiger partial charge in [0.15, 0.2) is 0 Å². The van der Waals surface area contributed by atoms with Gasteiger partial charge in [-0.05, 0) is 44.4 Å². The molecule has 3 unspecified atom stereocenters. The van der Waals surface area contributed by atoms with Crippen LogP contribution < -0.4 is 0 Å². The molecule has 2 rings (SSSR count). The van der Waals surface area contributed by atoms with Crippen LogP contribution in [0.15, 0.2) is 0 Å². The molecule has 2 fully saturated rings. The topological polar surface area (TPSA) is 77.9 Å². The highest BCUT2D eigenvalue weighted by Gasteiger charge is 2.49. The van der Waals surface area contributed by atoms with E-state index in [1.165, 1.54) is 15.5 Å². The average Bonchev–Trinajstić information content (AvgIpc) is 2.37. The summed E-state index contributed by atoms with van der Waals surface area (Å²) >= 11 is 0. The highest BCUT2D eigenvalue weighted by atomic mass is 32.2. The summed E-state index contributed by atoms with van der Waals surface area (Å²) in [5, 5.41) is 9.51. The molecule has 0 amide bonds. The molecule has 122 valence electrons. The maximum absolute atomic E-state index is 12.9. The van der Waals surface area contributed by atoms with Crippen LogP contribution in [0.25, 0.3) is 0 Å². The minimum absolute atomic E-state index is 0.296. The van der Waals surface area contributed by atoms with Crippen LogP contribution in [0.3, 0.4) is 0 Å². The van der Waals surface area contributed by atoms with Crippen LogP contribution in [0, 0.1) is 11.8 Å². The molecule has 2 saturated heterocycles. The second-order valence-corrected chi connectivity index (χ2v) is 8.73. The van der Waals surface area contributed by atoms with Crippen molar-refractivity contribution >= 4 is 16.2 Å². The van der Waals surface area contributed by atoms with Gasteiger partial charge in [0, 0.05) is 19.6 Å². The zero-order valence-electron chi connectivity index (χ0n) is 13.1. The zero-order chi connectivity index (χ0) is 15.8. The molecular formula is C14H26N2O4S. The second-order valence-electron chi connectivity index (χ2n) is 6.88. The van der Waals surface area contributed by atoms with E-state index in [1.807, 2.05) is 13.8 Å². The molecule has 2 aliphatic heterocycles. The predicted octanol–water partition coefficient (Wildman–Crippen LogP) is 1.54. The fourth-order valence-corrected chi connectivity index (χ4v) is 5.82. The van der Waals surface area contributed by atoms with E-state index in [9.17, 15) is 18.3 Å². The molecule has 0 aromatic rings. The van der Waals surface area contributed by atoms with Gasteiger partial charge in [0.1, 0.15) is 5.54 Å². The quantitative estimate of drug-likeness (QED) is 0.856. The first-order chi connectivity index (χ1) is 9.68. The molecule has 2 heterocycles. The first kappa shape index (κ1) is 16.7. The van der Waals surface area contributed by atoms with E-state index in [4.69, 9.17) is 0 Å². The van der Waals surface area contributed by atoms with Gasteiger partial charge in [-0.2, -0.15) is 17.0 Å². The Morgan fingerprint density at radius 2 is 1.76 bits per heavy atom. The van der Waals surface area contributed by atoms with Crippen molar-refractivity contribution in [3.8, 4) is 0 Å². The van der Waals surface area contributed by atoms with Crippen molar-refractivity contribution in [2.45, 2.75) is 52.0 Å². The van der Waals surface area contributed by atoms with Gasteiger partial charge in [-0.15, -0.1) is 0 Å². The van der Waals surface area contributed by atoms with E-state index in [0.29, 0.717) is 37.9 Å². The number of hydrogen-bond acceptors (Lipinski definition) is 3.